The molecular formula is C15H20N2O. The Balaban J connectivity index is 2.05. The molecule has 1 unspecified atom stereocenters. The van der Waals surface area contributed by atoms with E-state index < -0.39 is 0 Å². The third kappa shape index (κ3) is 1.50. The second-order valence-electron chi connectivity index (χ2n) is 5.76. The summed E-state index contributed by atoms with van der Waals surface area (Å²) in [7, 11) is 1.85. The highest BCUT2D eigenvalue weighted by molar-refractivity contribution is 6.04. The lowest BCUT2D eigenvalue weighted by molar-refractivity contribution is -0.118. The molecule has 0 saturated heterocycles. The van der Waals surface area contributed by atoms with E-state index in [0.717, 1.165) is 24.1 Å². The van der Waals surface area contributed by atoms with Crippen LogP contribution in [0.3, 0.4) is 0 Å². The molecule has 0 radical (unpaired) electrons. The average molecular weight is 244 g/mol. The van der Waals surface area contributed by atoms with Crippen LogP contribution < -0.4 is 10.6 Å². The second kappa shape index (κ2) is 3.82. The quantitative estimate of drug-likeness (QED) is 0.825. The number of amides is 1. The maximum absolute atomic E-state index is 12.0. The zero-order valence-electron chi connectivity index (χ0n) is 11.1. The summed E-state index contributed by atoms with van der Waals surface area (Å²) in [6.45, 7) is 1.98. The topological polar surface area (TPSA) is 46.3 Å². The van der Waals surface area contributed by atoms with Gasteiger partial charge < -0.3 is 10.6 Å². The second-order valence-corrected chi connectivity index (χ2v) is 5.76. The van der Waals surface area contributed by atoms with Crippen LogP contribution in [-0.4, -0.2) is 13.0 Å². The number of hydrogen-bond donors (Lipinski definition) is 1. The van der Waals surface area contributed by atoms with Crippen LogP contribution in [0, 0.1) is 0 Å². The van der Waals surface area contributed by atoms with Gasteiger partial charge in [0.15, 0.2) is 0 Å². The minimum Gasteiger partial charge on any atom is -0.321 e. The van der Waals surface area contributed by atoms with Crippen molar-refractivity contribution < 1.29 is 4.79 Å². The first-order valence-electron chi connectivity index (χ1n) is 6.74. The zero-order valence-corrected chi connectivity index (χ0v) is 11.1. The Morgan fingerprint density at radius 3 is 2.67 bits per heavy atom. The van der Waals surface area contributed by atoms with Crippen LogP contribution in [0.2, 0.25) is 0 Å². The van der Waals surface area contributed by atoms with E-state index in [1.54, 1.807) is 4.90 Å². The van der Waals surface area contributed by atoms with E-state index in [-0.39, 0.29) is 17.4 Å². The molecule has 3 heteroatoms. The minimum atomic E-state index is -0.168. The van der Waals surface area contributed by atoms with Gasteiger partial charge in [0.25, 0.3) is 0 Å². The molecular weight excluding hydrogens is 224 g/mol. The number of likely N-dealkylation sites (N-methyl/N-ethyl adjacent to an activating group) is 1. The summed E-state index contributed by atoms with van der Waals surface area (Å²) < 4.78 is 0. The number of nitrogens with two attached hydrogens (primary N) is 1. The average Bonchev–Trinajstić information content (AvgIpc) is 2.90. The Morgan fingerprint density at radius 2 is 2.00 bits per heavy atom. The third-order valence-electron chi connectivity index (χ3n) is 4.63. The van der Waals surface area contributed by atoms with E-state index in [0.29, 0.717) is 0 Å². The first-order chi connectivity index (χ1) is 8.53. The number of rotatable bonds is 1. The number of anilines is 1. The fraction of sp³-hybridized carbons (Fsp3) is 0.533. The van der Waals surface area contributed by atoms with Gasteiger partial charge in [0.2, 0.25) is 5.91 Å². The monoisotopic (exact) mass is 244 g/mol. The highest BCUT2D eigenvalue weighted by atomic mass is 16.2. The molecule has 3 rings (SSSR count). The van der Waals surface area contributed by atoms with Gasteiger partial charge in [0.1, 0.15) is 0 Å². The summed E-state index contributed by atoms with van der Waals surface area (Å²) in [6.07, 6.45) is 4.54. The van der Waals surface area contributed by atoms with Gasteiger partial charge in [0.05, 0.1) is 5.92 Å². The van der Waals surface area contributed by atoms with Crippen LogP contribution in [0.4, 0.5) is 5.69 Å². The number of carbonyl (C=O) groups is 1. The normalized spacial score (nSPS) is 25.6. The standard InChI is InChI=1S/C15H20N2O/c1-10-12-9-11(15(16)7-3-4-8-15)5-6-13(12)17(2)14(10)18/h5-6,9-10H,3-4,7-8,16H2,1-2H3. The lowest BCUT2D eigenvalue weighted by atomic mass is 9.87. The van der Waals surface area contributed by atoms with Crippen LogP contribution in [0.15, 0.2) is 18.2 Å². The van der Waals surface area contributed by atoms with E-state index in [1.807, 2.05) is 14.0 Å². The van der Waals surface area contributed by atoms with E-state index >= 15 is 0 Å². The van der Waals surface area contributed by atoms with Crippen LogP contribution in [-0.2, 0) is 10.3 Å². The molecule has 2 aliphatic rings. The van der Waals surface area contributed by atoms with Gasteiger partial charge in [-0.15, -0.1) is 0 Å². The summed E-state index contributed by atoms with van der Waals surface area (Å²) >= 11 is 0. The largest absolute Gasteiger partial charge is 0.321 e. The molecule has 0 spiro atoms. The molecule has 1 aromatic carbocycles. The van der Waals surface area contributed by atoms with Crippen LogP contribution >= 0.6 is 0 Å². The number of carbonyl (C=O) groups excluding carboxylic acids is 1. The maximum atomic E-state index is 12.0. The summed E-state index contributed by atoms with van der Waals surface area (Å²) in [5, 5.41) is 0. The van der Waals surface area contributed by atoms with Crippen molar-refractivity contribution in [2.75, 3.05) is 11.9 Å². The lowest BCUT2D eigenvalue weighted by Gasteiger charge is -2.25. The van der Waals surface area contributed by atoms with Crippen molar-refractivity contribution >= 4 is 11.6 Å². The fourth-order valence-corrected chi connectivity index (χ4v) is 3.35. The van der Waals surface area contributed by atoms with Crippen molar-refractivity contribution in [3.63, 3.8) is 0 Å². The van der Waals surface area contributed by atoms with Gasteiger partial charge in [-0.25, -0.2) is 0 Å². The number of nitrogens with zero attached hydrogens (tertiary/aromatic N) is 1. The predicted octanol–water partition coefficient (Wildman–Crippen LogP) is 2.49. The van der Waals surface area contributed by atoms with E-state index in [2.05, 4.69) is 18.2 Å². The van der Waals surface area contributed by atoms with E-state index in [9.17, 15) is 4.79 Å². The summed E-state index contributed by atoms with van der Waals surface area (Å²) in [4.78, 5) is 13.7. The Bertz CT molecular complexity index is 503. The van der Waals surface area contributed by atoms with Gasteiger partial charge >= 0.3 is 0 Å². The molecule has 3 nitrogen and oxygen atoms in total. The first kappa shape index (κ1) is 11.7. The smallest absolute Gasteiger partial charge is 0.234 e. The first-order valence-corrected chi connectivity index (χ1v) is 6.74. The van der Waals surface area contributed by atoms with Gasteiger partial charge in [-0.05, 0) is 37.0 Å². The molecule has 0 aromatic heterocycles. The van der Waals surface area contributed by atoms with Crippen molar-refractivity contribution in [1.82, 2.24) is 0 Å². The Labute approximate surface area is 108 Å². The molecule has 1 amide bonds. The molecule has 1 aliphatic carbocycles. The van der Waals surface area contributed by atoms with Gasteiger partial charge in [-0.1, -0.05) is 25.0 Å². The molecule has 1 aliphatic heterocycles. The molecule has 1 saturated carbocycles. The Hall–Kier alpha value is -1.35. The van der Waals surface area contributed by atoms with Gasteiger partial charge in [-0.2, -0.15) is 0 Å². The predicted molar refractivity (Wildman–Crippen MR) is 72.6 cm³/mol. The number of hydrogen-bond acceptors (Lipinski definition) is 2. The summed E-state index contributed by atoms with van der Waals surface area (Å²) in [5.41, 5.74) is 9.70. The van der Waals surface area contributed by atoms with E-state index in [4.69, 9.17) is 5.73 Å². The third-order valence-corrected chi connectivity index (χ3v) is 4.63. The maximum Gasteiger partial charge on any atom is 0.234 e. The highest BCUT2D eigenvalue weighted by Gasteiger charge is 2.36. The minimum absolute atomic E-state index is 0.0325. The lowest BCUT2D eigenvalue weighted by Crippen LogP contribution is -2.33. The number of benzene rings is 1. The van der Waals surface area contributed by atoms with Gasteiger partial charge in [-0.3, -0.25) is 4.79 Å². The van der Waals surface area contributed by atoms with E-state index in [1.165, 1.54) is 18.4 Å². The van der Waals surface area contributed by atoms with Crippen molar-refractivity contribution in [3.8, 4) is 0 Å². The molecule has 96 valence electrons. The molecule has 0 bridgehead atoms. The van der Waals surface area contributed by atoms with Crippen LogP contribution in [0.5, 0.6) is 0 Å². The Kier molecular flexibility index (Phi) is 2.49. The van der Waals surface area contributed by atoms with Crippen LogP contribution in [0.25, 0.3) is 0 Å². The highest BCUT2D eigenvalue weighted by Crippen LogP contribution is 2.42. The summed E-state index contributed by atoms with van der Waals surface area (Å²) in [6, 6.07) is 6.32. The molecule has 1 fully saturated rings. The number of fused-ring (bicyclic) bond motifs is 1. The molecule has 1 aromatic rings. The Morgan fingerprint density at radius 1 is 1.33 bits per heavy atom. The van der Waals surface area contributed by atoms with Crippen LogP contribution in [0.1, 0.15) is 49.7 Å². The SMILES string of the molecule is CC1C(=O)N(C)c2ccc(C3(N)CCCC3)cc21. The van der Waals surface area contributed by atoms with Gasteiger partial charge in [0, 0.05) is 18.3 Å². The fourth-order valence-electron chi connectivity index (χ4n) is 3.35. The molecule has 2 N–H and O–H groups in total. The van der Waals surface area contributed by atoms with Crippen molar-refractivity contribution in [3.05, 3.63) is 29.3 Å². The summed E-state index contributed by atoms with van der Waals surface area (Å²) in [5.74, 6) is 0.148. The zero-order chi connectivity index (χ0) is 12.9. The molecule has 1 atom stereocenters. The van der Waals surface area contributed by atoms with Crippen molar-refractivity contribution in [2.24, 2.45) is 5.73 Å². The van der Waals surface area contributed by atoms with Crippen molar-refractivity contribution in [1.29, 1.82) is 0 Å². The molecule has 18 heavy (non-hydrogen) atoms. The van der Waals surface area contributed by atoms with Crippen molar-refractivity contribution in [2.45, 2.75) is 44.1 Å². The molecule has 1 heterocycles.